The highest BCUT2D eigenvalue weighted by atomic mass is 31.2. The molecular weight excluding hydrogens is 395 g/mol. The van der Waals surface area contributed by atoms with E-state index in [1.54, 1.807) is 0 Å². The molecule has 0 heterocycles. The fraction of sp³-hybridized carbons (Fsp3) is 0.172. The number of ether oxygens (including phenoxy) is 1. The molecule has 0 saturated heterocycles. The van der Waals surface area contributed by atoms with Gasteiger partial charge in [0.1, 0.15) is 28.9 Å². The molecule has 0 fully saturated rings. The molecule has 4 rings (SSSR count). The van der Waals surface area contributed by atoms with Crippen LogP contribution in [-0.2, 0) is 6.42 Å². The minimum atomic E-state index is -1.82. The van der Waals surface area contributed by atoms with E-state index in [1.807, 2.05) is 6.92 Å². The van der Waals surface area contributed by atoms with E-state index in [1.165, 1.54) is 21.5 Å². The number of hydrogen-bond donors (Lipinski definition) is 0. The molecule has 31 heavy (non-hydrogen) atoms. The molecule has 0 atom stereocenters. The van der Waals surface area contributed by atoms with Crippen molar-refractivity contribution < 1.29 is 4.74 Å². The number of rotatable bonds is 9. The van der Waals surface area contributed by atoms with Crippen LogP contribution in [0.15, 0.2) is 115 Å². The maximum Gasteiger partial charge on any atom is 0.123 e. The van der Waals surface area contributed by atoms with Crippen molar-refractivity contribution in [2.75, 3.05) is 12.8 Å². The highest BCUT2D eigenvalue weighted by Crippen LogP contribution is 2.56. The Bertz CT molecular complexity index is 1020. The monoisotopic (exact) mass is 425 g/mol. The minimum absolute atomic E-state index is 0.680. The molecule has 4 aromatic rings. The van der Waals surface area contributed by atoms with Gasteiger partial charge in [-0.3, -0.25) is 0 Å². The van der Waals surface area contributed by atoms with Gasteiger partial charge in [0.15, 0.2) is 0 Å². The lowest BCUT2D eigenvalue weighted by atomic mass is 10.1. The van der Waals surface area contributed by atoms with Crippen LogP contribution >= 0.6 is 7.26 Å². The third-order valence-corrected chi connectivity index (χ3v) is 10.3. The van der Waals surface area contributed by atoms with Crippen LogP contribution in [0.1, 0.15) is 18.9 Å². The Morgan fingerprint density at radius 1 is 0.613 bits per heavy atom. The Kier molecular flexibility index (Phi) is 7.18. The van der Waals surface area contributed by atoms with Crippen molar-refractivity contribution in [2.45, 2.75) is 19.8 Å². The summed E-state index contributed by atoms with van der Waals surface area (Å²) >= 11 is 0. The molecule has 2 heteroatoms. The van der Waals surface area contributed by atoms with E-state index in [-0.39, 0.29) is 0 Å². The zero-order valence-electron chi connectivity index (χ0n) is 18.2. The predicted molar refractivity (Wildman–Crippen MR) is 136 cm³/mol. The summed E-state index contributed by atoms with van der Waals surface area (Å²) in [5.74, 6) is 0.958. The smallest absolute Gasteiger partial charge is 0.123 e. The van der Waals surface area contributed by atoms with E-state index >= 15 is 0 Å². The highest BCUT2D eigenvalue weighted by molar-refractivity contribution is 7.95. The van der Waals surface area contributed by atoms with Crippen LogP contribution in [0.5, 0.6) is 5.75 Å². The maximum absolute atomic E-state index is 5.90. The van der Waals surface area contributed by atoms with E-state index in [0.717, 1.165) is 24.8 Å². The van der Waals surface area contributed by atoms with Crippen molar-refractivity contribution in [3.05, 3.63) is 121 Å². The highest BCUT2D eigenvalue weighted by Gasteiger charge is 2.44. The van der Waals surface area contributed by atoms with Crippen LogP contribution in [0.2, 0.25) is 0 Å². The lowest BCUT2D eigenvalue weighted by Crippen LogP contribution is -2.33. The second-order valence-corrected chi connectivity index (χ2v) is 11.3. The summed E-state index contributed by atoms with van der Waals surface area (Å²) in [7, 11) is -1.82. The summed E-state index contributed by atoms with van der Waals surface area (Å²) in [4.78, 5) is 0. The zero-order chi connectivity index (χ0) is 21.4. The van der Waals surface area contributed by atoms with Crippen molar-refractivity contribution in [1.29, 1.82) is 0 Å². The third-order valence-electron chi connectivity index (χ3n) is 5.77. The second-order valence-electron chi connectivity index (χ2n) is 7.72. The first-order valence-corrected chi connectivity index (χ1v) is 13.1. The molecule has 0 aliphatic rings. The molecule has 4 aromatic carbocycles. The first-order chi connectivity index (χ1) is 15.3. The van der Waals surface area contributed by atoms with Gasteiger partial charge < -0.3 is 4.74 Å². The molecule has 156 valence electrons. The van der Waals surface area contributed by atoms with Crippen LogP contribution in [0, 0.1) is 0 Å². The standard InChI is InChI=1S/C29H30OP/c1-2-30-26-17-12-22-29(24-26)31(27-18-8-4-9-19-27,28-20-10-5-11-21-28)23-13-16-25-14-6-3-7-15-25/h3-12,14-15,17-22,24H,2,13,16,23H2,1H3/q+1. The minimum Gasteiger partial charge on any atom is -0.494 e. The first-order valence-electron chi connectivity index (χ1n) is 11.1. The van der Waals surface area contributed by atoms with Crippen LogP contribution in [0.25, 0.3) is 0 Å². The molecule has 0 saturated carbocycles. The number of benzene rings is 4. The molecular formula is C29H30OP+. The van der Waals surface area contributed by atoms with Crippen molar-refractivity contribution in [3.8, 4) is 5.75 Å². The number of aryl methyl sites for hydroxylation is 1. The first kappa shape index (κ1) is 21.3. The molecule has 0 amide bonds. The maximum atomic E-state index is 5.90. The molecule has 0 unspecified atom stereocenters. The third kappa shape index (κ3) is 4.89. The molecule has 0 radical (unpaired) electrons. The molecule has 0 bridgehead atoms. The summed E-state index contributed by atoms with van der Waals surface area (Å²) in [5, 5.41) is 4.26. The van der Waals surface area contributed by atoms with E-state index in [4.69, 9.17) is 4.74 Å². The van der Waals surface area contributed by atoms with E-state index in [9.17, 15) is 0 Å². The van der Waals surface area contributed by atoms with Crippen LogP contribution in [-0.4, -0.2) is 12.8 Å². The van der Waals surface area contributed by atoms with Gasteiger partial charge in [0.25, 0.3) is 0 Å². The van der Waals surface area contributed by atoms with E-state index < -0.39 is 7.26 Å². The number of hydrogen-bond acceptors (Lipinski definition) is 1. The molecule has 0 N–H and O–H groups in total. The molecule has 1 nitrogen and oxygen atoms in total. The lowest BCUT2D eigenvalue weighted by Gasteiger charge is -2.28. The Labute approximate surface area is 187 Å². The van der Waals surface area contributed by atoms with Gasteiger partial charge >= 0.3 is 0 Å². The topological polar surface area (TPSA) is 9.23 Å². The fourth-order valence-corrected chi connectivity index (χ4v) is 8.69. The quantitative estimate of drug-likeness (QED) is 0.298. The van der Waals surface area contributed by atoms with Gasteiger partial charge in [-0.15, -0.1) is 0 Å². The summed E-state index contributed by atoms with van der Waals surface area (Å²) in [6, 6.07) is 41.8. The van der Waals surface area contributed by atoms with Gasteiger partial charge in [0.2, 0.25) is 0 Å². The van der Waals surface area contributed by atoms with Crippen molar-refractivity contribution in [1.82, 2.24) is 0 Å². The Balaban J connectivity index is 1.82. The zero-order valence-corrected chi connectivity index (χ0v) is 19.0. The van der Waals surface area contributed by atoms with Crippen LogP contribution in [0.3, 0.4) is 0 Å². The van der Waals surface area contributed by atoms with Crippen molar-refractivity contribution in [2.24, 2.45) is 0 Å². The van der Waals surface area contributed by atoms with Gasteiger partial charge in [-0.2, -0.15) is 0 Å². The van der Waals surface area contributed by atoms with E-state index in [0.29, 0.717) is 6.61 Å². The summed E-state index contributed by atoms with van der Waals surface area (Å²) in [6.07, 6.45) is 3.36. The Hall–Kier alpha value is -2.89. The summed E-state index contributed by atoms with van der Waals surface area (Å²) in [5.41, 5.74) is 1.41. The van der Waals surface area contributed by atoms with Crippen LogP contribution < -0.4 is 20.7 Å². The van der Waals surface area contributed by atoms with E-state index in [2.05, 4.69) is 115 Å². The van der Waals surface area contributed by atoms with Crippen LogP contribution in [0.4, 0.5) is 0 Å². The van der Waals surface area contributed by atoms with Crippen molar-refractivity contribution in [3.63, 3.8) is 0 Å². The molecule has 0 spiro atoms. The molecule has 0 aromatic heterocycles. The SMILES string of the molecule is CCOc1cccc([P+](CCCc2ccccc2)(c2ccccc2)c2ccccc2)c1. The largest absolute Gasteiger partial charge is 0.494 e. The fourth-order valence-electron chi connectivity index (χ4n) is 4.34. The van der Waals surface area contributed by atoms with Crippen molar-refractivity contribution >= 4 is 23.2 Å². The van der Waals surface area contributed by atoms with Gasteiger partial charge in [-0.25, -0.2) is 0 Å². The average molecular weight is 426 g/mol. The Morgan fingerprint density at radius 3 is 1.74 bits per heavy atom. The average Bonchev–Trinajstić information content (AvgIpc) is 2.84. The molecule has 0 aliphatic heterocycles. The normalized spacial score (nSPS) is 11.3. The predicted octanol–water partition coefficient (Wildman–Crippen LogP) is 6.01. The summed E-state index contributed by atoms with van der Waals surface area (Å²) in [6.45, 7) is 2.73. The van der Waals surface area contributed by atoms with Gasteiger partial charge in [0.05, 0.1) is 12.8 Å². The Morgan fingerprint density at radius 2 is 1.16 bits per heavy atom. The summed E-state index contributed by atoms with van der Waals surface area (Å²) < 4.78 is 5.90. The molecule has 0 aliphatic carbocycles. The van der Waals surface area contributed by atoms with Gasteiger partial charge in [0, 0.05) is 6.07 Å². The second kappa shape index (κ2) is 10.4. The lowest BCUT2D eigenvalue weighted by molar-refractivity contribution is 0.340. The van der Waals surface area contributed by atoms with Gasteiger partial charge in [-0.05, 0) is 61.7 Å². The van der Waals surface area contributed by atoms with Gasteiger partial charge in [-0.1, -0.05) is 72.8 Å².